The molecule has 3 fully saturated rings. The van der Waals surface area contributed by atoms with Crippen molar-refractivity contribution in [1.29, 1.82) is 0 Å². The van der Waals surface area contributed by atoms with E-state index in [1.165, 1.54) is 39.5 Å². The highest BCUT2D eigenvalue weighted by Crippen LogP contribution is 2.37. The van der Waals surface area contributed by atoms with Crippen molar-refractivity contribution in [3.63, 3.8) is 0 Å². The molecule has 1 aliphatic heterocycles. The maximum atomic E-state index is 12.4. The summed E-state index contributed by atoms with van der Waals surface area (Å²) >= 11 is 0. The fourth-order valence-electron chi connectivity index (χ4n) is 4.22. The van der Waals surface area contributed by atoms with Crippen molar-refractivity contribution in [2.75, 3.05) is 20.2 Å². The van der Waals surface area contributed by atoms with Crippen molar-refractivity contribution in [3.05, 3.63) is 0 Å². The molecule has 120 valence electrons. The summed E-state index contributed by atoms with van der Waals surface area (Å²) in [6.45, 7) is 7.08. The minimum Gasteiger partial charge on any atom is -0.468 e. The zero-order valence-electron chi connectivity index (χ0n) is 13.7. The first kappa shape index (κ1) is 15.3. The summed E-state index contributed by atoms with van der Waals surface area (Å²) in [6, 6.07) is 1.08. The second kappa shape index (κ2) is 5.88. The van der Waals surface area contributed by atoms with Crippen molar-refractivity contribution in [1.82, 2.24) is 10.2 Å². The van der Waals surface area contributed by atoms with Crippen LogP contribution in [0, 0.1) is 11.8 Å². The fourth-order valence-corrected chi connectivity index (χ4v) is 4.22. The summed E-state index contributed by atoms with van der Waals surface area (Å²) in [7, 11) is 1.53. The lowest BCUT2D eigenvalue weighted by molar-refractivity contribution is -0.151. The van der Waals surface area contributed by atoms with Gasteiger partial charge in [-0.05, 0) is 50.4 Å². The summed E-state index contributed by atoms with van der Waals surface area (Å²) < 4.78 is 5.15. The van der Waals surface area contributed by atoms with E-state index in [2.05, 4.69) is 24.1 Å². The molecule has 1 N–H and O–H groups in total. The second-order valence-corrected chi connectivity index (χ2v) is 7.65. The van der Waals surface area contributed by atoms with E-state index < -0.39 is 5.54 Å². The number of methoxy groups -OCH3 is 1. The van der Waals surface area contributed by atoms with Gasteiger partial charge in [-0.2, -0.15) is 0 Å². The van der Waals surface area contributed by atoms with Crippen molar-refractivity contribution >= 4 is 5.97 Å². The van der Waals surface area contributed by atoms with Gasteiger partial charge >= 0.3 is 5.97 Å². The molecule has 0 spiro atoms. The molecule has 0 amide bonds. The molecule has 4 heteroatoms. The summed E-state index contributed by atoms with van der Waals surface area (Å²) in [4.78, 5) is 15.1. The molecule has 0 radical (unpaired) electrons. The molecule has 2 saturated carbocycles. The average Bonchev–Trinajstić information content (AvgIpc) is 3.22. The second-order valence-electron chi connectivity index (χ2n) is 7.65. The quantitative estimate of drug-likeness (QED) is 0.807. The Hall–Kier alpha value is -0.610. The van der Waals surface area contributed by atoms with Gasteiger partial charge in [0.15, 0.2) is 0 Å². The van der Waals surface area contributed by atoms with Gasteiger partial charge in [-0.3, -0.25) is 15.0 Å². The Morgan fingerprint density at radius 3 is 2.43 bits per heavy atom. The summed E-state index contributed by atoms with van der Waals surface area (Å²) in [5, 5.41) is 3.63. The molecule has 2 aliphatic carbocycles. The van der Waals surface area contributed by atoms with Crippen LogP contribution in [0.1, 0.15) is 52.4 Å². The lowest BCUT2D eigenvalue weighted by atomic mass is 9.78. The Morgan fingerprint density at radius 1 is 1.19 bits per heavy atom. The Balaban J connectivity index is 1.71. The van der Waals surface area contributed by atoms with Crippen molar-refractivity contribution in [2.45, 2.75) is 70.0 Å². The van der Waals surface area contributed by atoms with Crippen LogP contribution in [0.3, 0.4) is 0 Å². The van der Waals surface area contributed by atoms with E-state index in [9.17, 15) is 4.79 Å². The lowest BCUT2D eigenvalue weighted by Crippen LogP contribution is -2.59. The van der Waals surface area contributed by atoms with Crippen LogP contribution >= 0.6 is 0 Å². The zero-order valence-corrected chi connectivity index (χ0v) is 13.7. The minimum atomic E-state index is -0.423. The maximum Gasteiger partial charge on any atom is 0.326 e. The first-order valence-corrected chi connectivity index (χ1v) is 8.64. The van der Waals surface area contributed by atoms with Crippen LogP contribution in [0.15, 0.2) is 0 Å². The Kier molecular flexibility index (Phi) is 4.28. The topological polar surface area (TPSA) is 41.6 Å². The number of carbonyl (C=O) groups is 1. The van der Waals surface area contributed by atoms with Crippen molar-refractivity contribution in [2.24, 2.45) is 11.8 Å². The number of nitrogens with zero attached hydrogens (tertiary/aromatic N) is 1. The molecule has 0 bridgehead atoms. The third-order valence-electron chi connectivity index (χ3n) is 5.89. The van der Waals surface area contributed by atoms with Crippen LogP contribution in [0.25, 0.3) is 0 Å². The number of rotatable bonds is 4. The molecule has 4 atom stereocenters. The summed E-state index contributed by atoms with van der Waals surface area (Å²) in [5.74, 6) is 1.51. The molecule has 0 aromatic carbocycles. The third kappa shape index (κ3) is 3.11. The van der Waals surface area contributed by atoms with Crippen LogP contribution in [-0.4, -0.2) is 48.7 Å². The highest BCUT2D eigenvalue weighted by Gasteiger charge is 2.48. The van der Waals surface area contributed by atoms with Gasteiger partial charge in [0.1, 0.15) is 5.54 Å². The number of carbonyl (C=O) groups excluding carboxylic acids is 1. The lowest BCUT2D eigenvalue weighted by Gasteiger charge is -2.42. The number of nitrogens with one attached hydrogen (secondary N) is 1. The predicted octanol–water partition coefficient (Wildman–Crippen LogP) is 2.18. The molecule has 3 rings (SSSR count). The molecule has 1 heterocycles. The predicted molar refractivity (Wildman–Crippen MR) is 83.1 cm³/mol. The van der Waals surface area contributed by atoms with Crippen LogP contribution in [-0.2, 0) is 9.53 Å². The molecular weight excluding hydrogens is 264 g/mol. The van der Waals surface area contributed by atoms with Crippen molar-refractivity contribution < 1.29 is 9.53 Å². The number of likely N-dealkylation sites (tertiary alicyclic amines) is 1. The first-order chi connectivity index (χ1) is 10.0. The number of hydrogen-bond acceptors (Lipinski definition) is 4. The molecule has 1 saturated heterocycles. The van der Waals surface area contributed by atoms with Gasteiger partial charge in [-0.1, -0.05) is 13.8 Å². The fraction of sp³-hybridized carbons (Fsp3) is 0.941. The van der Waals surface area contributed by atoms with Gasteiger partial charge in [-0.25, -0.2) is 0 Å². The molecule has 3 aliphatic rings. The van der Waals surface area contributed by atoms with Crippen LogP contribution in [0.4, 0.5) is 0 Å². The smallest absolute Gasteiger partial charge is 0.326 e. The Bertz CT molecular complexity index is 386. The zero-order chi connectivity index (χ0) is 15.0. The monoisotopic (exact) mass is 294 g/mol. The highest BCUT2D eigenvalue weighted by atomic mass is 16.5. The van der Waals surface area contributed by atoms with Crippen molar-refractivity contribution in [3.8, 4) is 0 Å². The number of esters is 1. The molecule has 4 nitrogen and oxygen atoms in total. The normalized spacial score (nSPS) is 41.2. The van der Waals surface area contributed by atoms with E-state index in [-0.39, 0.29) is 5.97 Å². The molecule has 4 unspecified atom stereocenters. The molecule has 0 aromatic heterocycles. The summed E-state index contributed by atoms with van der Waals surface area (Å²) in [6.07, 6.45) is 6.63. The van der Waals surface area contributed by atoms with E-state index >= 15 is 0 Å². The van der Waals surface area contributed by atoms with Crippen LogP contribution in [0.2, 0.25) is 0 Å². The van der Waals surface area contributed by atoms with E-state index in [1.807, 2.05) is 0 Å². The number of ether oxygens (including phenoxy) is 1. The maximum absolute atomic E-state index is 12.4. The molecule has 0 aromatic rings. The van der Waals surface area contributed by atoms with Gasteiger partial charge in [-0.15, -0.1) is 0 Å². The van der Waals surface area contributed by atoms with E-state index in [0.29, 0.717) is 12.1 Å². The molecular formula is C17H30N2O2. The molecule has 21 heavy (non-hydrogen) atoms. The van der Waals surface area contributed by atoms with Gasteiger partial charge in [0.2, 0.25) is 0 Å². The van der Waals surface area contributed by atoms with Crippen LogP contribution < -0.4 is 5.32 Å². The third-order valence-corrected chi connectivity index (χ3v) is 5.89. The minimum absolute atomic E-state index is 0.0422. The standard InChI is InChI=1S/C17H30N2O2/c1-12-10-19(11-13(12)2)15-5-4-8-17(9-15,16(20)21-3)18-14-6-7-14/h12-15,18H,4-11H2,1-3H3. The summed E-state index contributed by atoms with van der Waals surface area (Å²) in [5.41, 5.74) is -0.423. The van der Waals surface area contributed by atoms with E-state index in [1.54, 1.807) is 0 Å². The van der Waals surface area contributed by atoms with Gasteiger partial charge in [0, 0.05) is 25.2 Å². The highest BCUT2D eigenvalue weighted by molar-refractivity contribution is 5.81. The SMILES string of the molecule is COC(=O)C1(NC2CC2)CCCC(N2CC(C)C(C)C2)C1. The van der Waals surface area contributed by atoms with Crippen LogP contribution in [0.5, 0.6) is 0 Å². The van der Waals surface area contributed by atoms with Gasteiger partial charge < -0.3 is 4.74 Å². The average molecular weight is 294 g/mol. The van der Waals surface area contributed by atoms with E-state index in [4.69, 9.17) is 4.74 Å². The van der Waals surface area contributed by atoms with Gasteiger partial charge in [0.05, 0.1) is 7.11 Å². The van der Waals surface area contributed by atoms with Gasteiger partial charge in [0.25, 0.3) is 0 Å². The van der Waals surface area contributed by atoms with E-state index in [0.717, 1.165) is 31.1 Å². The largest absolute Gasteiger partial charge is 0.468 e. The Labute approximate surface area is 128 Å². The number of hydrogen-bond donors (Lipinski definition) is 1. The Morgan fingerprint density at radius 2 is 1.86 bits per heavy atom. The first-order valence-electron chi connectivity index (χ1n) is 8.64.